The average Bonchev–Trinajstić information content (AvgIpc) is 3.85. The van der Waals surface area contributed by atoms with E-state index in [1.165, 1.54) is 54.4 Å². The second-order valence-corrected chi connectivity index (χ2v) is 15.4. The molecule has 3 heterocycles. The van der Waals surface area contributed by atoms with Crippen LogP contribution < -0.4 is 0 Å². The maximum absolute atomic E-state index is 5.24. The quantitative estimate of drug-likeness (QED) is 0.169. The molecule has 0 N–H and O–H groups in total. The van der Waals surface area contributed by atoms with Crippen LogP contribution >= 0.6 is 0 Å². The highest BCUT2D eigenvalue weighted by molar-refractivity contribution is 6.24. The van der Waals surface area contributed by atoms with E-state index in [0.29, 0.717) is 5.82 Å². The molecule has 4 nitrogen and oxygen atoms in total. The highest BCUT2D eigenvalue weighted by atomic mass is 15.0. The van der Waals surface area contributed by atoms with E-state index in [2.05, 4.69) is 221 Å². The smallest absolute Gasteiger partial charge is 0.160 e. The highest BCUT2D eigenvalue weighted by Gasteiger charge is 2.21. The number of rotatable bonds is 6. The summed E-state index contributed by atoms with van der Waals surface area (Å²) in [5.74, 6) is 0.684. The lowest BCUT2D eigenvalue weighted by molar-refractivity contribution is 1.15. The molecule has 0 amide bonds. The summed E-state index contributed by atoms with van der Waals surface area (Å²) in [4.78, 5) is 10.4. The third-order valence-corrected chi connectivity index (χ3v) is 11.9. The standard InChI is InChI=1S/C56H36N4/c1-3-14-37(15-4-1)41-20-13-21-43(34-41)51-36-50(39-17-5-2-6-18-39)57-56(58-51)40-27-29-44(30-28-40)59-52-24-11-9-22-46(52)48-32-33-49-47-23-10-12-25-53(47)60(55(49)54(48)59)45-31-26-38-16-7-8-19-42(38)35-45/h1-36H. The normalized spacial score (nSPS) is 11.7. The number of nitrogens with zero attached hydrogens (tertiary/aromatic N) is 4. The van der Waals surface area contributed by atoms with E-state index in [0.717, 1.165) is 50.5 Å². The van der Waals surface area contributed by atoms with Gasteiger partial charge in [-0.05, 0) is 82.6 Å². The monoisotopic (exact) mass is 764 g/mol. The summed E-state index contributed by atoms with van der Waals surface area (Å²) in [6.07, 6.45) is 0. The van der Waals surface area contributed by atoms with Gasteiger partial charge in [-0.15, -0.1) is 0 Å². The lowest BCUT2D eigenvalue weighted by atomic mass is 10.0. The van der Waals surface area contributed by atoms with Gasteiger partial charge in [0.1, 0.15) is 0 Å². The molecule has 0 bridgehead atoms. The SMILES string of the molecule is c1ccc(-c2cccc(-c3cc(-c4ccccc4)nc(-c4ccc(-n5c6ccccc6c6ccc7c8ccccc8n(-c8ccc9ccccc9c8)c7c65)cc4)n3)c2)cc1. The van der Waals surface area contributed by atoms with E-state index < -0.39 is 0 Å². The second kappa shape index (κ2) is 13.8. The topological polar surface area (TPSA) is 35.6 Å². The molecule has 0 spiro atoms. The first kappa shape index (κ1) is 34.0. The number of hydrogen-bond donors (Lipinski definition) is 0. The van der Waals surface area contributed by atoms with E-state index in [4.69, 9.17) is 9.97 Å². The Morgan fingerprint density at radius 2 is 0.800 bits per heavy atom. The Morgan fingerprint density at radius 3 is 1.48 bits per heavy atom. The van der Waals surface area contributed by atoms with Gasteiger partial charge in [0.15, 0.2) is 5.82 Å². The van der Waals surface area contributed by atoms with Gasteiger partial charge < -0.3 is 9.13 Å². The van der Waals surface area contributed by atoms with Crippen LogP contribution in [0.25, 0.3) is 111 Å². The summed E-state index contributed by atoms with van der Waals surface area (Å²) in [6.45, 7) is 0. The summed E-state index contributed by atoms with van der Waals surface area (Å²) >= 11 is 0. The fourth-order valence-electron chi connectivity index (χ4n) is 9.08. The van der Waals surface area contributed by atoms with Crippen molar-refractivity contribution in [3.63, 3.8) is 0 Å². The van der Waals surface area contributed by atoms with Gasteiger partial charge in [0.25, 0.3) is 0 Å². The molecule has 9 aromatic carbocycles. The Hall–Kier alpha value is -8.08. The van der Waals surface area contributed by atoms with E-state index in [1.54, 1.807) is 0 Å². The van der Waals surface area contributed by atoms with Crippen LogP contribution in [0.15, 0.2) is 218 Å². The van der Waals surface area contributed by atoms with Crippen LogP contribution in [0.3, 0.4) is 0 Å². The third-order valence-electron chi connectivity index (χ3n) is 11.9. The average molecular weight is 765 g/mol. The van der Waals surface area contributed by atoms with E-state index in [-0.39, 0.29) is 0 Å². The lowest BCUT2D eigenvalue weighted by Crippen LogP contribution is -1.99. The van der Waals surface area contributed by atoms with Crippen LogP contribution in [0.4, 0.5) is 0 Å². The minimum absolute atomic E-state index is 0.684. The zero-order valence-corrected chi connectivity index (χ0v) is 32.6. The molecule has 280 valence electrons. The first-order valence-corrected chi connectivity index (χ1v) is 20.4. The molecule has 0 aliphatic heterocycles. The van der Waals surface area contributed by atoms with Gasteiger partial charge in [0.2, 0.25) is 0 Å². The third kappa shape index (κ3) is 5.53. The number of benzene rings is 9. The molecule has 60 heavy (non-hydrogen) atoms. The Bertz CT molecular complexity index is 3580. The first-order chi connectivity index (χ1) is 29.7. The Labute approximate surface area is 346 Å². The minimum Gasteiger partial charge on any atom is -0.307 e. The van der Waals surface area contributed by atoms with Gasteiger partial charge >= 0.3 is 0 Å². The lowest BCUT2D eigenvalue weighted by Gasteiger charge is -2.14. The van der Waals surface area contributed by atoms with Crippen LogP contribution in [-0.4, -0.2) is 19.1 Å². The van der Waals surface area contributed by atoms with Gasteiger partial charge in [0.05, 0.1) is 33.5 Å². The molecular formula is C56H36N4. The predicted molar refractivity (Wildman–Crippen MR) is 250 cm³/mol. The molecule has 12 rings (SSSR count). The van der Waals surface area contributed by atoms with Crippen molar-refractivity contribution in [2.75, 3.05) is 0 Å². The van der Waals surface area contributed by atoms with Crippen molar-refractivity contribution >= 4 is 54.4 Å². The molecule has 0 aliphatic carbocycles. The Kier molecular flexibility index (Phi) is 7.82. The molecule has 0 aliphatic rings. The molecule has 4 heteroatoms. The molecule has 0 atom stereocenters. The van der Waals surface area contributed by atoms with Gasteiger partial charge in [-0.3, -0.25) is 0 Å². The van der Waals surface area contributed by atoms with Crippen molar-refractivity contribution in [3.8, 4) is 56.4 Å². The van der Waals surface area contributed by atoms with Crippen molar-refractivity contribution in [1.82, 2.24) is 19.1 Å². The van der Waals surface area contributed by atoms with Crippen molar-refractivity contribution in [2.45, 2.75) is 0 Å². The van der Waals surface area contributed by atoms with Crippen LogP contribution in [0.2, 0.25) is 0 Å². The predicted octanol–water partition coefficient (Wildman–Crippen LogP) is 14.5. The zero-order valence-electron chi connectivity index (χ0n) is 32.6. The van der Waals surface area contributed by atoms with Gasteiger partial charge in [0, 0.05) is 49.6 Å². The maximum atomic E-state index is 5.24. The summed E-state index contributed by atoms with van der Waals surface area (Å²) in [5.41, 5.74) is 14.1. The maximum Gasteiger partial charge on any atom is 0.160 e. The number of hydrogen-bond acceptors (Lipinski definition) is 2. The van der Waals surface area contributed by atoms with Gasteiger partial charge in [-0.1, -0.05) is 158 Å². The van der Waals surface area contributed by atoms with Crippen LogP contribution in [0.1, 0.15) is 0 Å². The van der Waals surface area contributed by atoms with Crippen molar-refractivity contribution in [3.05, 3.63) is 218 Å². The molecule has 0 saturated carbocycles. The molecule has 0 fully saturated rings. The molecule has 0 unspecified atom stereocenters. The van der Waals surface area contributed by atoms with Gasteiger partial charge in [-0.25, -0.2) is 9.97 Å². The molecule has 0 radical (unpaired) electrons. The molecular weight excluding hydrogens is 729 g/mol. The number of fused-ring (bicyclic) bond motifs is 8. The molecule has 12 aromatic rings. The van der Waals surface area contributed by atoms with Gasteiger partial charge in [-0.2, -0.15) is 0 Å². The fraction of sp³-hybridized carbons (Fsp3) is 0. The number of aromatic nitrogens is 4. The Balaban J connectivity index is 1.06. The fourth-order valence-corrected chi connectivity index (χ4v) is 9.08. The Morgan fingerprint density at radius 1 is 0.283 bits per heavy atom. The zero-order chi connectivity index (χ0) is 39.6. The molecule has 0 saturated heterocycles. The summed E-state index contributed by atoms with van der Waals surface area (Å²) in [5, 5.41) is 7.34. The molecule has 3 aromatic heterocycles. The minimum atomic E-state index is 0.684. The summed E-state index contributed by atoms with van der Waals surface area (Å²) in [7, 11) is 0. The first-order valence-electron chi connectivity index (χ1n) is 20.4. The number of para-hydroxylation sites is 2. The van der Waals surface area contributed by atoms with Crippen molar-refractivity contribution in [2.24, 2.45) is 0 Å². The van der Waals surface area contributed by atoms with E-state index >= 15 is 0 Å². The van der Waals surface area contributed by atoms with Crippen LogP contribution in [0.5, 0.6) is 0 Å². The van der Waals surface area contributed by atoms with Crippen LogP contribution in [-0.2, 0) is 0 Å². The van der Waals surface area contributed by atoms with E-state index in [9.17, 15) is 0 Å². The van der Waals surface area contributed by atoms with Crippen LogP contribution in [0, 0.1) is 0 Å². The summed E-state index contributed by atoms with van der Waals surface area (Å²) < 4.78 is 4.90. The summed E-state index contributed by atoms with van der Waals surface area (Å²) in [6, 6.07) is 77.9. The second-order valence-electron chi connectivity index (χ2n) is 15.4. The van der Waals surface area contributed by atoms with E-state index in [1.807, 2.05) is 6.07 Å². The van der Waals surface area contributed by atoms with Crippen molar-refractivity contribution < 1.29 is 0 Å². The highest BCUT2D eigenvalue weighted by Crippen LogP contribution is 2.42. The largest absolute Gasteiger partial charge is 0.307 e. The van der Waals surface area contributed by atoms with Crippen molar-refractivity contribution in [1.29, 1.82) is 0 Å².